The van der Waals surface area contributed by atoms with Crippen molar-refractivity contribution in [1.82, 2.24) is 10.2 Å². The Balaban J connectivity index is 2.39. The quantitative estimate of drug-likeness (QED) is 0.709. The van der Waals surface area contributed by atoms with Crippen LogP contribution >= 0.6 is 0 Å². The van der Waals surface area contributed by atoms with Gasteiger partial charge in [-0.15, -0.1) is 0 Å². The second kappa shape index (κ2) is 8.65. The molecule has 0 saturated carbocycles. The molecular weight excluding hydrogens is 318 g/mol. The number of hydrogen-bond acceptors (Lipinski definition) is 5. The van der Waals surface area contributed by atoms with Crippen LogP contribution in [0.25, 0.3) is 0 Å². The van der Waals surface area contributed by atoms with Gasteiger partial charge in [0.1, 0.15) is 0 Å². The van der Waals surface area contributed by atoms with Gasteiger partial charge in [0.15, 0.2) is 0 Å². The van der Waals surface area contributed by atoms with Crippen molar-refractivity contribution in [3.8, 4) is 0 Å². The smallest absolute Gasteiger partial charge is 0.254 e. The average molecular weight is 349 g/mol. The summed E-state index contributed by atoms with van der Waals surface area (Å²) in [6.07, 6.45) is 0. The lowest BCUT2D eigenvalue weighted by molar-refractivity contribution is 0.0684. The van der Waals surface area contributed by atoms with Gasteiger partial charge in [-0.05, 0) is 29.2 Å². The van der Waals surface area contributed by atoms with E-state index in [1.807, 2.05) is 12.1 Å². The van der Waals surface area contributed by atoms with Gasteiger partial charge >= 0.3 is 0 Å². The van der Waals surface area contributed by atoms with E-state index in [2.05, 4.69) is 37.1 Å². The molecule has 0 bridgehead atoms. The number of nitrogens with zero attached hydrogens (tertiary/aromatic N) is 2. The molecule has 1 aliphatic heterocycles. The molecule has 0 aliphatic carbocycles. The molecule has 1 fully saturated rings. The summed E-state index contributed by atoms with van der Waals surface area (Å²) in [6, 6.07) is 6.05. The number of aliphatic hydroxyl groups excluding tert-OH is 2. The molecule has 0 unspecified atom stereocenters. The Labute approximate surface area is 150 Å². The second-order valence-electron chi connectivity index (χ2n) is 7.50. The van der Waals surface area contributed by atoms with E-state index >= 15 is 0 Å². The topological polar surface area (TPSA) is 76.0 Å². The molecule has 1 amide bonds. The maximum Gasteiger partial charge on any atom is 0.254 e. The van der Waals surface area contributed by atoms with Crippen molar-refractivity contribution in [3.05, 3.63) is 29.3 Å². The first-order valence-corrected chi connectivity index (χ1v) is 8.99. The molecule has 0 aromatic heterocycles. The van der Waals surface area contributed by atoms with Crippen LogP contribution in [0.15, 0.2) is 18.2 Å². The molecular formula is C19H31N3O3. The van der Waals surface area contributed by atoms with Crippen molar-refractivity contribution >= 4 is 11.6 Å². The maximum absolute atomic E-state index is 12.9. The summed E-state index contributed by atoms with van der Waals surface area (Å²) in [5, 5.41) is 21.8. The molecule has 2 rings (SSSR count). The lowest BCUT2D eigenvalue weighted by Gasteiger charge is -2.32. The first-order valence-electron chi connectivity index (χ1n) is 8.99. The van der Waals surface area contributed by atoms with Crippen molar-refractivity contribution in [2.45, 2.75) is 26.2 Å². The third-order valence-electron chi connectivity index (χ3n) is 4.54. The Hall–Kier alpha value is -1.63. The number of aliphatic hydroxyl groups is 2. The molecule has 6 heteroatoms. The molecule has 140 valence electrons. The van der Waals surface area contributed by atoms with Gasteiger partial charge in [-0.2, -0.15) is 0 Å². The van der Waals surface area contributed by atoms with Crippen LogP contribution < -0.4 is 10.2 Å². The molecule has 6 nitrogen and oxygen atoms in total. The number of benzene rings is 1. The summed E-state index contributed by atoms with van der Waals surface area (Å²) >= 11 is 0. The van der Waals surface area contributed by atoms with E-state index in [0.717, 1.165) is 37.4 Å². The predicted octanol–water partition coefficient (Wildman–Crippen LogP) is 0.821. The lowest BCUT2D eigenvalue weighted by Crippen LogP contribution is -2.43. The van der Waals surface area contributed by atoms with Crippen LogP contribution in [0.3, 0.4) is 0 Å². The zero-order valence-electron chi connectivity index (χ0n) is 15.6. The van der Waals surface area contributed by atoms with E-state index in [9.17, 15) is 15.0 Å². The summed E-state index contributed by atoms with van der Waals surface area (Å²) in [7, 11) is 0. The van der Waals surface area contributed by atoms with Gasteiger partial charge in [-0.3, -0.25) is 4.79 Å². The van der Waals surface area contributed by atoms with E-state index in [-0.39, 0.29) is 37.6 Å². The van der Waals surface area contributed by atoms with Crippen LogP contribution in [0.5, 0.6) is 0 Å². The number of amides is 1. The minimum atomic E-state index is -0.148. The Morgan fingerprint density at radius 3 is 2.24 bits per heavy atom. The van der Waals surface area contributed by atoms with E-state index < -0.39 is 0 Å². The highest BCUT2D eigenvalue weighted by atomic mass is 16.3. The summed E-state index contributed by atoms with van der Waals surface area (Å²) in [5.41, 5.74) is 2.71. The molecule has 1 aromatic rings. The summed E-state index contributed by atoms with van der Waals surface area (Å²) in [4.78, 5) is 16.7. The highest BCUT2D eigenvalue weighted by molar-refractivity contribution is 5.95. The summed E-state index contributed by atoms with van der Waals surface area (Å²) in [6.45, 7) is 10.3. The summed E-state index contributed by atoms with van der Waals surface area (Å²) < 4.78 is 0. The number of hydrogen-bond donors (Lipinski definition) is 3. The van der Waals surface area contributed by atoms with Gasteiger partial charge in [0.25, 0.3) is 5.91 Å². The summed E-state index contributed by atoms with van der Waals surface area (Å²) in [5.74, 6) is -0.148. The van der Waals surface area contributed by atoms with Gasteiger partial charge < -0.3 is 25.3 Å². The van der Waals surface area contributed by atoms with Gasteiger partial charge in [0.05, 0.1) is 13.2 Å². The fourth-order valence-electron chi connectivity index (χ4n) is 3.01. The molecule has 1 aromatic carbocycles. The van der Waals surface area contributed by atoms with Gasteiger partial charge in [-0.25, -0.2) is 0 Å². The number of piperazine rings is 1. The van der Waals surface area contributed by atoms with Crippen molar-refractivity contribution in [3.63, 3.8) is 0 Å². The molecule has 3 N–H and O–H groups in total. The highest BCUT2D eigenvalue weighted by Gasteiger charge is 2.22. The number of carbonyl (C=O) groups excluding carboxylic acids is 1. The standard InChI is InChI=1S/C19H31N3O3/c1-19(2,3)16-12-15(18(25)22(8-10-23)9-11-24)13-17(14-16)21-6-4-20-5-7-21/h12-14,20,23-24H,4-11H2,1-3H3. The number of rotatable bonds is 6. The number of carbonyl (C=O) groups is 1. The molecule has 25 heavy (non-hydrogen) atoms. The van der Waals surface area contributed by atoms with Crippen LogP contribution in [-0.4, -0.2) is 73.5 Å². The SMILES string of the molecule is CC(C)(C)c1cc(C(=O)N(CCO)CCO)cc(N2CCNCC2)c1. The van der Waals surface area contributed by atoms with Crippen LogP contribution in [0.4, 0.5) is 5.69 Å². The molecule has 0 spiro atoms. The fraction of sp³-hybridized carbons (Fsp3) is 0.632. The molecule has 0 radical (unpaired) electrons. The monoisotopic (exact) mass is 349 g/mol. The zero-order chi connectivity index (χ0) is 18.4. The average Bonchev–Trinajstić information content (AvgIpc) is 2.60. The molecule has 0 atom stereocenters. The van der Waals surface area contributed by atoms with E-state index in [1.54, 1.807) is 0 Å². The van der Waals surface area contributed by atoms with Crippen LogP contribution in [0.2, 0.25) is 0 Å². The van der Waals surface area contributed by atoms with Crippen molar-refractivity contribution in [2.75, 3.05) is 57.4 Å². The number of nitrogens with one attached hydrogen (secondary N) is 1. The van der Waals surface area contributed by atoms with E-state index in [1.165, 1.54) is 4.90 Å². The first-order chi connectivity index (χ1) is 11.9. The maximum atomic E-state index is 12.9. The van der Waals surface area contributed by atoms with Crippen molar-refractivity contribution < 1.29 is 15.0 Å². The van der Waals surface area contributed by atoms with Crippen molar-refractivity contribution in [1.29, 1.82) is 0 Å². The largest absolute Gasteiger partial charge is 0.395 e. The highest BCUT2D eigenvalue weighted by Crippen LogP contribution is 2.29. The first kappa shape index (κ1) is 19.7. The fourth-order valence-corrected chi connectivity index (χ4v) is 3.01. The molecule has 1 aliphatic rings. The predicted molar refractivity (Wildman–Crippen MR) is 100 cm³/mol. The van der Waals surface area contributed by atoms with Crippen LogP contribution in [0.1, 0.15) is 36.7 Å². The second-order valence-corrected chi connectivity index (χ2v) is 7.50. The molecule has 1 heterocycles. The Morgan fingerprint density at radius 1 is 1.12 bits per heavy atom. The van der Waals surface area contributed by atoms with Crippen LogP contribution in [0, 0.1) is 0 Å². The zero-order valence-corrected chi connectivity index (χ0v) is 15.6. The Kier molecular flexibility index (Phi) is 6.81. The van der Waals surface area contributed by atoms with Gasteiger partial charge in [0.2, 0.25) is 0 Å². The third kappa shape index (κ3) is 5.17. The lowest BCUT2D eigenvalue weighted by atomic mass is 9.85. The van der Waals surface area contributed by atoms with E-state index in [0.29, 0.717) is 5.56 Å². The number of anilines is 1. The van der Waals surface area contributed by atoms with E-state index in [4.69, 9.17) is 0 Å². The molecule has 1 saturated heterocycles. The Bertz CT molecular complexity index is 572. The normalized spacial score (nSPS) is 15.3. The third-order valence-corrected chi connectivity index (χ3v) is 4.54. The minimum absolute atomic E-state index is 0.0716. The van der Waals surface area contributed by atoms with Gasteiger partial charge in [0, 0.05) is 50.5 Å². The Morgan fingerprint density at radius 2 is 1.72 bits per heavy atom. The van der Waals surface area contributed by atoms with Crippen molar-refractivity contribution in [2.24, 2.45) is 0 Å². The minimum Gasteiger partial charge on any atom is -0.395 e. The van der Waals surface area contributed by atoms with Crippen LogP contribution in [-0.2, 0) is 5.41 Å². The van der Waals surface area contributed by atoms with Gasteiger partial charge in [-0.1, -0.05) is 20.8 Å².